The van der Waals surface area contributed by atoms with Gasteiger partial charge in [0.05, 0.1) is 0 Å². The molecule has 5 nitrogen and oxygen atoms in total. The highest BCUT2D eigenvalue weighted by Gasteiger charge is 2.32. The van der Waals surface area contributed by atoms with Crippen molar-refractivity contribution >= 4 is 16.7 Å². The highest BCUT2D eigenvalue weighted by Crippen LogP contribution is 2.18. The Labute approximate surface area is 165 Å². The van der Waals surface area contributed by atoms with Crippen LogP contribution in [0.2, 0.25) is 0 Å². The van der Waals surface area contributed by atoms with Crippen LogP contribution in [0, 0.1) is 0 Å². The fraction of sp³-hybridized carbons (Fsp3) is 0.348. The minimum atomic E-state index is -0.0127. The van der Waals surface area contributed by atoms with E-state index in [2.05, 4.69) is 11.9 Å². The number of fused-ring (bicyclic) bond motifs is 1. The number of H-pyrrole nitrogens is 1. The summed E-state index contributed by atoms with van der Waals surface area (Å²) >= 11 is 0. The number of quaternary nitrogens is 2. The summed E-state index contributed by atoms with van der Waals surface area (Å²) in [5, 5.41) is 1.03. The Balaban J connectivity index is 1.28. The van der Waals surface area contributed by atoms with Crippen LogP contribution in [0.1, 0.15) is 17.3 Å². The predicted molar refractivity (Wildman–Crippen MR) is 110 cm³/mol. The fourth-order valence-corrected chi connectivity index (χ4v) is 4.13. The molecule has 3 N–H and O–H groups in total. The summed E-state index contributed by atoms with van der Waals surface area (Å²) in [6, 6.07) is 18.0. The van der Waals surface area contributed by atoms with E-state index in [1.54, 1.807) is 4.90 Å². The minimum Gasteiger partial charge on any atom is -0.488 e. The van der Waals surface area contributed by atoms with Gasteiger partial charge in [-0.15, -0.1) is 0 Å². The lowest BCUT2D eigenvalue weighted by molar-refractivity contribution is -1.02. The van der Waals surface area contributed by atoms with Gasteiger partial charge in [-0.05, 0) is 25.1 Å². The van der Waals surface area contributed by atoms with E-state index in [9.17, 15) is 4.79 Å². The normalized spacial score (nSPS) is 20.8. The molecule has 146 valence electrons. The first-order valence-electron chi connectivity index (χ1n) is 10.2. The van der Waals surface area contributed by atoms with Gasteiger partial charge in [0.15, 0.2) is 0 Å². The molecule has 1 aliphatic heterocycles. The first-order valence-corrected chi connectivity index (χ1v) is 10.2. The van der Waals surface area contributed by atoms with E-state index < -0.39 is 0 Å². The minimum absolute atomic E-state index is 0.0127. The zero-order valence-electron chi connectivity index (χ0n) is 16.4. The van der Waals surface area contributed by atoms with Crippen molar-refractivity contribution in [2.75, 3.05) is 39.3 Å². The number of carbonyl (C=O) groups excluding carboxylic acids is 1. The monoisotopic (exact) mass is 379 g/mol. The van der Waals surface area contributed by atoms with Crippen LogP contribution in [0.25, 0.3) is 10.9 Å². The van der Waals surface area contributed by atoms with E-state index in [1.165, 1.54) is 4.90 Å². The van der Waals surface area contributed by atoms with Gasteiger partial charge in [0.1, 0.15) is 51.1 Å². The Morgan fingerprint density at radius 2 is 1.75 bits per heavy atom. The molecule has 28 heavy (non-hydrogen) atoms. The number of hydrogen-bond donors (Lipinski definition) is 3. The van der Waals surface area contributed by atoms with Crippen molar-refractivity contribution in [3.05, 3.63) is 66.4 Å². The van der Waals surface area contributed by atoms with Gasteiger partial charge in [0.2, 0.25) is 5.78 Å². The Kier molecular flexibility index (Phi) is 5.74. The lowest BCUT2D eigenvalue weighted by atomic mass is 10.0. The summed E-state index contributed by atoms with van der Waals surface area (Å²) in [7, 11) is 0. The van der Waals surface area contributed by atoms with Gasteiger partial charge < -0.3 is 19.5 Å². The quantitative estimate of drug-likeness (QED) is 0.527. The molecule has 0 saturated carbocycles. The van der Waals surface area contributed by atoms with Crippen LogP contribution in [-0.2, 0) is 0 Å². The summed E-state index contributed by atoms with van der Waals surface area (Å²) in [6.45, 7) is 8.03. The van der Waals surface area contributed by atoms with Crippen LogP contribution in [0.3, 0.4) is 0 Å². The topological polar surface area (TPSA) is 51.0 Å². The van der Waals surface area contributed by atoms with Crippen molar-refractivity contribution in [1.29, 1.82) is 0 Å². The number of rotatable bonds is 7. The zero-order valence-corrected chi connectivity index (χ0v) is 16.4. The molecule has 4 rings (SSSR count). The third-order valence-corrected chi connectivity index (χ3v) is 5.93. The molecule has 1 fully saturated rings. The van der Waals surface area contributed by atoms with Gasteiger partial charge in [-0.3, -0.25) is 4.79 Å². The number of para-hydroxylation sites is 2. The molecule has 0 aliphatic carbocycles. The number of carbonyl (C=O) groups is 1. The smallest absolute Gasteiger partial charge is 0.221 e. The molecule has 0 spiro atoms. The summed E-state index contributed by atoms with van der Waals surface area (Å²) in [4.78, 5) is 19.2. The summed E-state index contributed by atoms with van der Waals surface area (Å²) in [5.74, 6) is 1.17. The Hall–Kier alpha value is -2.63. The summed E-state index contributed by atoms with van der Waals surface area (Å²) < 4.78 is 5.83. The lowest BCUT2D eigenvalue weighted by Gasteiger charge is -2.32. The first-order chi connectivity index (χ1) is 13.7. The maximum atomic E-state index is 13.1. The predicted octanol–water partition coefficient (Wildman–Crippen LogP) is 0.602. The number of piperazine rings is 1. The molecule has 0 bridgehead atoms. The van der Waals surface area contributed by atoms with E-state index in [4.69, 9.17) is 4.74 Å². The number of ether oxygens (including phenoxy) is 1. The molecule has 2 aromatic carbocycles. The maximum absolute atomic E-state index is 13.1. The Morgan fingerprint density at radius 3 is 2.54 bits per heavy atom. The van der Waals surface area contributed by atoms with E-state index >= 15 is 0 Å². The van der Waals surface area contributed by atoms with Gasteiger partial charge in [-0.25, -0.2) is 0 Å². The van der Waals surface area contributed by atoms with Crippen molar-refractivity contribution in [2.45, 2.75) is 13.0 Å². The van der Waals surface area contributed by atoms with Crippen LogP contribution < -0.4 is 14.5 Å². The lowest BCUT2D eigenvalue weighted by Crippen LogP contribution is -3.30. The first kappa shape index (κ1) is 18.7. The highest BCUT2D eigenvalue weighted by atomic mass is 16.5. The standard InChI is InChI=1S/C23H27N3O2/c1-18(23(27)21-17-24-22-10-6-5-9-20(21)22)26-13-11-25(12-14-26)15-16-28-19-7-3-2-4-8-19/h2-10,17-18,24H,11-16H2,1H3/p+2/t18-/m1/s1. The molecule has 1 aliphatic rings. The molecule has 0 amide bonds. The van der Waals surface area contributed by atoms with E-state index in [-0.39, 0.29) is 11.8 Å². The molecular formula is C23H29N3O2+2. The number of hydrogen-bond acceptors (Lipinski definition) is 2. The van der Waals surface area contributed by atoms with Crippen LogP contribution in [0.4, 0.5) is 0 Å². The SMILES string of the molecule is C[C@H](C(=O)c1c[nH]c2ccccc12)[NH+]1CC[NH+](CCOc2ccccc2)CC1. The fourth-order valence-electron chi connectivity index (χ4n) is 4.13. The van der Waals surface area contributed by atoms with E-state index in [0.717, 1.165) is 61.5 Å². The van der Waals surface area contributed by atoms with Crippen molar-refractivity contribution in [1.82, 2.24) is 4.98 Å². The van der Waals surface area contributed by atoms with Gasteiger partial charge in [-0.2, -0.15) is 0 Å². The number of Topliss-reactive ketones (excluding diaryl/α,β-unsaturated/α-hetero) is 1. The van der Waals surface area contributed by atoms with Crippen molar-refractivity contribution in [3.63, 3.8) is 0 Å². The molecule has 1 atom stereocenters. The van der Waals surface area contributed by atoms with Crippen molar-refractivity contribution < 1.29 is 19.3 Å². The number of ketones is 1. The van der Waals surface area contributed by atoms with Gasteiger partial charge in [0.25, 0.3) is 0 Å². The van der Waals surface area contributed by atoms with Gasteiger partial charge in [-0.1, -0.05) is 36.4 Å². The number of nitrogens with one attached hydrogen (secondary N) is 3. The Morgan fingerprint density at radius 1 is 1.04 bits per heavy atom. The molecule has 2 heterocycles. The van der Waals surface area contributed by atoms with Crippen LogP contribution in [0.5, 0.6) is 5.75 Å². The number of aromatic nitrogens is 1. The molecule has 0 radical (unpaired) electrons. The molecule has 0 unspecified atom stereocenters. The van der Waals surface area contributed by atoms with Crippen molar-refractivity contribution in [3.8, 4) is 5.75 Å². The second-order valence-corrected chi connectivity index (χ2v) is 7.65. The second-order valence-electron chi connectivity index (χ2n) is 7.65. The van der Waals surface area contributed by atoms with E-state index in [1.807, 2.05) is 60.8 Å². The van der Waals surface area contributed by atoms with Crippen LogP contribution in [-0.4, -0.2) is 56.1 Å². The van der Waals surface area contributed by atoms with Crippen molar-refractivity contribution in [2.24, 2.45) is 0 Å². The molecule has 5 heteroatoms. The molecular weight excluding hydrogens is 350 g/mol. The zero-order chi connectivity index (χ0) is 19.3. The second kappa shape index (κ2) is 8.59. The molecule has 3 aromatic rings. The Bertz CT molecular complexity index is 914. The third-order valence-electron chi connectivity index (χ3n) is 5.93. The largest absolute Gasteiger partial charge is 0.488 e. The summed E-state index contributed by atoms with van der Waals surface area (Å²) in [6.07, 6.45) is 1.87. The number of aromatic amines is 1. The molecule has 1 saturated heterocycles. The van der Waals surface area contributed by atoms with E-state index in [0.29, 0.717) is 0 Å². The number of benzene rings is 2. The maximum Gasteiger partial charge on any atom is 0.221 e. The average molecular weight is 380 g/mol. The van der Waals surface area contributed by atoms with Crippen LogP contribution in [0.15, 0.2) is 60.8 Å². The molecule has 1 aromatic heterocycles. The van der Waals surface area contributed by atoms with Gasteiger partial charge in [0, 0.05) is 22.7 Å². The highest BCUT2D eigenvalue weighted by molar-refractivity contribution is 6.09. The van der Waals surface area contributed by atoms with Crippen LogP contribution >= 0.6 is 0 Å². The third kappa shape index (κ3) is 4.11. The summed E-state index contributed by atoms with van der Waals surface area (Å²) in [5.41, 5.74) is 1.85. The average Bonchev–Trinajstić information content (AvgIpc) is 3.18. The van der Waals surface area contributed by atoms with Gasteiger partial charge >= 0.3 is 0 Å².